The fourth-order valence-electron chi connectivity index (χ4n) is 1.49. The molecule has 0 saturated carbocycles. The van der Waals surface area contributed by atoms with E-state index >= 15 is 0 Å². The normalized spacial score (nSPS) is 11.1. The van der Waals surface area contributed by atoms with Gasteiger partial charge in [-0.2, -0.15) is 0 Å². The third-order valence-electron chi connectivity index (χ3n) is 2.51. The van der Waals surface area contributed by atoms with E-state index in [-0.39, 0.29) is 0 Å². The van der Waals surface area contributed by atoms with Crippen molar-refractivity contribution in [3.8, 4) is 0 Å². The fraction of sp³-hybridized carbons (Fsp3) is 0.500. The Labute approximate surface area is 107 Å². The highest BCUT2D eigenvalue weighted by atomic mass is 35.5. The van der Waals surface area contributed by atoms with E-state index in [1.807, 2.05) is 18.2 Å². The highest BCUT2D eigenvalue weighted by Gasteiger charge is 2.02. The number of rotatable bonds is 6. The molecule has 1 aromatic rings. The number of hydrogen-bond acceptors (Lipinski definition) is 2. The average molecular weight is 261 g/mol. The highest BCUT2D eigenvalue weighted by molar-refractivity contribution is 6.42. The molecule has 0 aliphatic carbocycles. The molecule has 0 aliphatic heterocycles. The lowest BCUT2D eigenvalue weighted by Gasteiger charge is -2.15. The Balaban J connectivity index is 2.39. The van der Waals surface area contributed by atoms with E-state index in [4.69, 9.17) is 28.9 Å². The van der Waals surface area contributed by atoms with Gasteiger partial charge < -0.3 is 10.6 Å². The number of benzene rings is 1. The first-order chi connectivity index (χ1) is 7.63. The van der Waals surface area contributed by atoms with Gasteiger partial charge in [0.1, 0.15) is 0 Å². The summed E-state index contributed by atoms with van der Waals surface area (Å²) in [6.07, 6.45) is 2.02. The summed E-state index contributed by atoms with van der Waals surface area (Å²) in [5.74, 6) is 0. The fourth-order valence-corrected chi connectivity index (χ4v) is 1.81. The van der Waals surface area contributed by atoms with Gasteiger partial charge in [-0.25, -0.2) is 0 Å². The zero-order valence-electron chi connectivity index (χ0n) is 9.55. The first-order valence-corrected chi connectivity index (χ1v) is 6.21. The summed E-state index contributed by atoms with van der Waals surface area (Å²) in [5, 5.41) is 1.24. The molecular weight excluding hydrogens is 243 g/mol. The lowest BCUT2D eigenvalue weighted by atomic mass is 10.1. The van der Waals surface area contributed by atoms with Crippen molar-refractivity contribution in [2.24, 2.45) is 5.73 Å². The molecule has 0 amide bonds. The molecule has 0 bridgehead atoms. The van der Waals surface area contributed by atoms with Crippen LogP contribution in [0.25, 0.3) is 0 Å². The first kappa shape index (κ1) is 13.8. The monoisotopic (exact) mass is 260 g/mol. The molecule has 0 aromatic heterocycles. The standard InChI is InChI=1S/C12H18Cl2N2/c1-16(7-2-6-15)8-5-10-3-4-11(13)12(14)9-10/h3-4,9H,2,5-8,15H2,1H3. The van der Waals surface area contributed by atoms with E-state index in [0.717, 1.165) is 32.5 Å². The highest BCUT2D eigenvalue weighted by Crippen LogP contribution is 2.22. The van der Waals surface area contributed by atoms with Gasteiger partial charge in [0, 0.05) is 6.54 Å². The lowest BCUT2D eigenvalue weighted by molar-refractivity contribution is 0.335. The Hall–Kier alpha value is -0.280. The van der Waals surface area contributed by atoms with Crippen LogP contribution in [0, 0.1) is 0 Å². The van der Waals surface area contributed by atoms with Crippen LogP contribution in [0.2, 0.25) is 10.0 Å². The van der Waals surface area contributed by atoms with Crippen molar-refractivity contribution in [3.63, 3.8) is 0 Å². The summed E-state index contributed by atoms with van der Waals surface area (Å²) < 4.78 is 0. The maximum Gasteiger partial charge on any atom is 0.0595 e. The maximum atomic E-state index is 5.95. The first-order valence-electron chi connectivity index (χ1n) is 5.46. The molecule has 1 rings (SSSR count). The third-order valence-corrected chi connectivity index (χ3v) is 3.25. The summed E-state index contributed by atoms with van der Waals surface area (Å²) in [5.41, 5.74) is 6.68. The van der Waals surface area contributed by atoms with Crippen LogP contribution in [0.15, 0.2) is 18.2 Å². The second kappa shape index (κ2) is 7.13. The van der Waals surface area contributed by atoms with Crippen molar-refractivity contribution in [2.75, 3.05) is 26.7 Å². The summed E-state index contributed by atoms with van der Waals surface area (Å²) in [7, 11) is 2.10. The Morgan fingerprint density at radius 1 is 1.19 bits per heavy atom. The SMILES string of the molecule is CN(CCCN)CCc1ccc(Cl)c(Cl)c1. The van der Waals surface area contributed by atoms with Crippen molar-refractivity contribution >= 4 is 23.2 Å². The van der Waals surface area contributed by atoms with Crippen LogP contribution in [0.5, 0.6) is 0 Å². The van der Waals surface area contributed by atoms with Crippen molar-refractivity contribution in [3.05, 3.63) is 33.8 Å². The van der Waals surface area contributed by atoms with E-state index < -0.39 is 0 Å². The molecule has 2 N–H and O–H groups in total. The summed E-state index contributed by atoms with van der Waals surface area (Å²) >= 11 is 11.8. The van der Waals surface area contributed by atoms with Crippen molar-refractivity contribution in [2.45, 2.75) is 12.8 Å². The quantitative estimate of drug-likeness (QED) is 0.853. The molecule has 0 saturated heterocycles. The second-order valence-electron chi connectivity index (χ2n) is 3.94. The lowest BCUT2D eigenvalue weighted by Crippen LogP contribution is -2.24. The van der Waals surface area contributed by atoms with E-state index in [0.29, 0.717) is 10.0 Å². The zero-order valence-corrected chi connectivity index (χ0v) is 11.1. The van der Waals surface area contributed by atoms with E-state index in [1.54, 1.807) is 0 Å². The molecule has 16 heavy (non-hydrogen) atoms. The summed E-state index contributed by atoms with van der Waals surface area (Å²) in [4.78, 5) is 2.27. The molecule has 2 nitrogen and oxygen atoms in total. The van der Waals surface area contributed by atoms with Crippen LogP contribution in [-0.2, 0) is 6.42 Å². The van der Waals surface area contributed by atoms with E-state index in [2.05, 4.69) is 11.9 Å². The van der Waals surface area contributed by atoms with Crippen LogP contribution < -0.4 is 5.73 Å². The van der Waals surface area contributed by atoms with Crippen molar-refractivity contribution < 1.29 is 0 Å². The van der Waals surface area contributed by atoms with Crippen LogP contribution in [0.1, 0.15) is 12.0 Å². The number of nitrogens with zero attached hydrogens (tertiary/aromatic N) is 1. The average Bonchev–Trinajstić information content (AvgIpc) is 2.28. The number of likely N-dealkylation sites (N-methyl/N-ethyl adjacent to an activating group) is 1. The minimum atomic E-state index is 0.613. The number of hydrogen-bond donors (Lipinski definition) is 1. The van der Waals surface area contributed by atoms with Gasteiger partial charge in [-0.3, -0.25) is 0 Å². The molecule has 0 radical (unpaired) electrons. The molecule has 0 aliphatic rings. The summed E-state index contributed by atoms with van der Waals surface area (Å²) in [6, 6.07) is 5.80. The van der Waals surface area contributed by atoms with Gasteiger partial charge in [-0.15, -0.1) is 0 Å². The van der Waals surface area contributed by atoms with E-state index in [9.17, 15) is 0 Å². The smallest absolute Gasteiger partial charge is 0.0595 e. The topological polar surface area (TPSA) is 29.3 Å². The number of halogens is 2. The largest absolute Gasteiger partial charge is 0.330 e. The molecule has 0 fully saturated rings. The third kappa shape index (κ3) is 4.71. The molecule has 1 aromatic carbocycles. The van der Waals surface area contributed by atoms with Gasteiger partial charge in [0.05, 0.1) is 10.0 Å². The van der Waals surface area contributed by atoms with Crippen LogP contribution in [0.4, 0.5) is 0 Å². The molecule has 0 unspecified atom stereocenters. The molecule has 0 heterocycles. The van der Waals surface area contributed by atoms with Gasteiger partial charge in [-0.1, -0.05) is 29.3 Å². The minimum absolute atomic E-state index is 0.613. The van der Waals surface area contributed by atoms with Gasteiger partial charge in [0.25, 0.3) is 0 Å². The Bertz CT molecular complexity index is 329. The second-order valence-corrected chi connectivity index (χ2v) is 4.76. The molecule has 0 atom stereocenters. The molecule has 90 valence electrons. The molecular formula is C12H18Cl2N2. The zero-order chi connectivity index (χ0) is 12.0. The molecule has 4 heteroatoms. The minimum Gasteiger partial charge on any atom is -0.330 e. The van der Waals surface area contributed by atoms with Crippen molar-refractivity contribution in [1.82, 2.24) is 4.90 Å². The van der Waals surface area contributed by atoms with Crippen molar-refractivity contribution in [1.29, 1.82) is 0 Å². The van der Waals surface area contributed by atoms with Gasteiger partial charge in [-0.05, 0) is 50.7 Å². The van der Waals surface area contributed by atoms with E-state index in [1.165, 1.54) is 5.56 Å². The Morgan fingerprint density at radius 2 is 1.94 bits per heavy atom. The Kier molecular flexibility index (Phi) is 6.14. The maximum absolute atomic E-state index is 5.95. The van der Waals surface area contributed by atoms with Crippen LogP contribution >= 0.6 is 23.2 Å². The van der Waals surface area contributed by atoms with Crippen LogP contribution in [-0.4, -0.2) is 31.6 Å². The van der Waals surface area contributed by atoms with Crippen LogP contribution in [0.3, 0.4) is 0 Å². The van der Waals surface area contributed by atoms with Gasteiger partial charge >= 0.3 is 0 Å². The number of nitrogens with two attached hydrogens (primary N) is 1. The van der Waals surface area contributed by atoms with Gasteiger partial charge in [0.2, 0.25) is 0 Å². The molecule has 0 spiro atoms. The van der Waals surface area contributed by atoms with Gasteiger partial charge in [0.15, 0.2) is 0 Å². The predicted octanol–water partition coefficient (Wildman–Crippen LogP) is 2.82. The summed E-state index contributed by atoms with van der Waals surface area (Å²) in [6.45, 7) is 2.80. The predicted molar refractivity (Wildman–Crippen MR) is 71.3 cm³/mol. The Morgan fingerprint density at radius 3 is 2.56 bits per heavy atom.